The number of carboxylic acid groups (broad SMARTS) is 1. The summed E-state index contributed by atoms with van der Waals surface area (Å²) in [6.07, 6.45) is 2.86. The fraction of sp³-hybridized carbons (Fsp3) is 0.241. The van der Waals surface area contributed by atoms with E-state index in [2.05, 4.69) is 0 Å². The Labute approximate surface area is 198 Å². The van der Waals surface area contributed by atoms with Crippen LogP contribution in [0.1, 0.15) is 34.9 Å². The molecular formula is C29H26O5. The summed E-state index contributed by atoms with van der Waals surface area (Å²) in [5, 5.41) is 10.1. The summed E-state index contributed by atoms with van der Waals surface area (Å²) in [5.74, 6) is -3.07. The maximum absolute atomic E-state index is 13.6. The molecule has 2 atom stereocenters. The van der Waals surface area contributed by atoms with Gasteiger partial charge >= 0.3 is 11.9 Å². The predicted octanol–water partition coefficient (Wildman–Crippen LogP) is 5.29. The third-order valence-corrected chi connectivity index (χ3v) is 6.86. The van der Waals surface area contributed by atoms with E-state index in [4.69, 9.17) is 9.47 Å². The Morgan fingerprint density at radius 3 is 2.03 bits per heavy atom. The monoisotopic (exact) mass is 454 g/mol. The average Bonchev–Trinajstić information content (AvgIpc) is 2.85. The number of aliphatic carboxylic acids is 1. The largest absolute Gasteiger partial charge is 0.481 e. The molecule has 172 valence electrons. The normalized spacial score (nSPS) is 23.9. The van der Waals surface area contributed by atoms with E-state index >= 15 is 0 Å². The van der Waals surface area contributed by atoms with Gasteiger partial charge in [-0.25, -0.2) is 0 Å². The molecule has 0 saturated heterocycles. The molecule has 0 bridgehead atoms. The molecule has 5 heteroatoms. The van der Waals surface area contributed by atoms with Gasteiger partial charge in [0.05, 0.1) is 25.0 Å². The summed E-state index contributed by atoms with van der Waals surface area (Å²) in [5.41, 5.74) is 3.85. The second-order valence-corrected chi connectivity index (χ2v) is 8.77. The zero-order valence-corrected chi connectivity index (χ0v) is 18.7. The lowest BCUT2D eigenvalue weighted by Crippen LogP contribution is -2.52. The van der Waals surface area contributed by atoms with E-state index in [1.54, 1.807) is 6.07 Å². The Morgan fingerprint density at radius 1 is 0.824 bits per heavy atom. The molecule has 1 saturated carbocycles. The molecule has 1 N–H and O–H groups in total. The Morgan fingerprint density at radius 2 is 1.47 bits per heavy atom. The van der Waals surface area contributed by atoms with Crippen molar-refractivity contribution < 1.29 is 24.2 Å². The van der Waals surface area contributed by atoms with Crippen molar-refractivity contribution in [3.63, 3.8) is 0 Å². The van der Waals surface area contributed by atoms with Gasteiger partial charge in [0.1, 0.15) is 5.75 Å². The van der Waals surface area contributed by atoms with Gasteiger partial charge in [0, 0.05) is 11.8 Å². The van der Waals surface area contributed by atoms with Crippen LogP contribution in [0, 0.1) is 11.8 Å². The first-order valence-electron chi connectivity index (χ1n) is 11.5. The van der Waals surface area contributed by atoms with Crippen LogP contribution in [0.15, 0.2) is 91.0 Å². The van der Waals surface area contributed by atoms with Crippen LogP contribution in [-0.4, -0.2) is 30.3 Å². The van der Waals surface area contributed by atoms with Crippen molar-refractivity contribution in [3.8, 4) is 5.75 Å². The zero-order valence-electron chi connectivity index (χ0n) is 18.7. The number of hydrogen-bond donors (Lipinski definition) is 1. The Hall–Kier alpha value is -3.70. The van der Waals surface area contributed by atoms with E-state index in [1.807, 2.05) is 84.9 Å². The number of benzene rings is 3. The number of esters is 1. The van der Waals surface area contributed by atoms with Crippen molar-refractivity contribution in [1.82, 2.24) is 0 Å². The highest BCUT2D eigenvalue weighted by atomic mass is 16.5. The summed E-state index contributed by atoms with van der Waals surface area (Å²) >= 11 is 0. The van der Waals surface area contributed by atoms with Gasteiger partial charge in [0.25, 0.3) is 0 Å². The van der Waals surface area contributed by atoms with Crippen molar-refractivity contribution in [2.24, 2.45) is 11.8 Å². The molecule has 3 aromatic carbocycles. The van der Waals surface area contributed by atoms with Crippen molar-refractivity contribution in [1.29, 1.82) is 0 Å². The number of carbonyl (C=O) groups excluding carboxylic acids is 1. The topological polar surface area (TPSA) is 72.8 Å². The zero-order chi connectivity index (χ0) is 23.5. The molecule has 0 radical (unpaired) electrons. The second kappa shape index (κ2) is 9.65. The van der Waals surface area contributed by atoms with Crippen molar-refractivity contribution in [2.75, 3.05) is 13.2 Å². The molecule has 0 unspecified atom stereocenters. The number of carbonyl (C=O) groups is 2. The molecule has 1 aliphatic carbocycles. The molecular weight excluding hydrogens is 428 g/mol. The molecule has 2 aliphatic rings. The van der Waals surface area contributed by atoms with Gasteiger partial charge in [-0.1, -0.05) is 78.9 Å². The molecule has 34 heavy (non-hydrogen) atoms. The van der Waals surface area contributed by atoms with E-state index in [9.17, 15) is 14.7 Å². The Kier molecular flexibility index (Phi) is 6.28. The molecule has 0 aromatic heterocycles. The van der Waals surface area contributed by atoms with Crippen LogP contribution in [-0.2, 0) is 14.3 Å². The van der Waals surface area contributed by atoms with Gasteiger partial charge in [0.15, 0.2) is 0 Å². The van der Waals surface area contributed by atoms with E-state index in [-0.39, 0.29) is 0 Å². The maximum atomic E-state index is 13.6. The Bertz CT molecular complexity index is 1150. The predicted molar refractivity (Wildman–Crippen MR) is 128 cm³/mol. The van der Waals surface area contributed by atoms with Crippen LogP contribution in [0.2, 0.25) is 0 Å². The summed E-state index contributed by atoms with van der Waals surface area (Å²) in [4.78, 5) is 25.9. The van der Waals surface area contributed by atoms with Crippen molar-refractivity contribution in [2.45, 2.75) is 18.3 Å². The molecule has 1 heterocycles. The molecule has 0 amide bonds. The molecule has 0 spiro atoms. The molecule has 3 aromatic rings. The van der Waals surface area contributed by atoms with Crippen LogP contribution in [0.5, 0.6) is 5.75 Å². The minimum Gasteiger partial charge on any atom is -0.481 e. The van der Waals surface area contributed by atoms with E-state index < -0.39 is 35.6 Å². The highest BCUT2D eigenvalue weighted by Gasteiger charge is 2.59. The summed E-state index contributed by atoms with van der Waals surface area (Å²) in [7, 11) is 0. The number of hydrogen-bond acceptors (Lipinski definition) is 4. The van der Waals surface area contributed by atoms with Gasteiger partial charge in [-0.15, -0.1) is 0 Å². The molecule has 5 nitrogen and oxygen atoms in total. The highest BCUT2D eigenvalue weighted by Crippen LogP contribution is 2.58. The van der Waals surface area contributed by atoms with Crippen LogP contribution in [0.4, 0.5) is 0 Å². The Balaban J connectivity index is 1.47. The quantitative estimate of drug-likeness (QED) is 0.405. The van der Waals surface area contributed by atoms with Gasteiger partial charge in [-0.3, -0.25) is 9.59 Å². The van der Waals surface area contributed by atoms with Crippen LogP contribution < -0.4 is 4.74 Å². The van der Waals surface area contributed by atoms with Gasteiger partial charge in [-0.2, -0.15) is 0 Å². The first kappa shape index (κ1) is 22.1. The van der Waals surface area contributed by atoms with E-state index in [0.29, 0.717) is 19.0 Å². The molecule has 1 aliphatic heterocycles. The number of rotatable bonds is 6. The standard InChI is InChI=1S/C29H26O5/c30-28(31)26-24(20-8-3-1-4-9-20)27(25(26)21-10-5-2-6-11-21)29(32)34-23-13-7-12-22(18-23)19-14-16-33-17-15-19/h1-14,18,24-27H,15-17H2,(H,30,31)/t24-,25-,26?,27?/m0/s1. The number of carboxylic acids is 1. The lowest BCUT2D eigenvalue weighted by atomic mass is 9.52. The summed E-state index contributed by atoms with van der Waals surface area (Å²) in [6, 6.07) is 26.3. The maximum Gasteiger partial charge on any atom is 0.315 e. The van der Waals surface area contributed by atoms with Crippen LogP contribution >= 0.6 is 0 Å². The summed E-state index contributed by atoms with van der Waals surface area (Å²) in [6.45, 7) is 1.25. The van der Waals surface area contributed by atoms with E-state index in [0.717, 1.165) is 23.1 Å². The van der Waals surface area contributed by atoms with Gasteiger partial charge < -0.3 is 14.6 Å². The van der Waals surface area contributed by atoms with Crippen LogP contribution in [0.25, 0.3) is 5.57 Å². The van der Waals surface area contributed by atoms with Gasteiger partial charge in [-0.05, 0) is 40.8 Å². The fourth-order valence-corrected chi connectivity index (χ4v) is 5.26. The molecule has 1 fully saturated rings. The van der Waals surface area contributed by atoms with Crippen molar-refractivity contribution >= 4 is 17.5 Å². The minimum absolute atomic E-state index is 0.404. The lowest BCUT2D eigenvalue weighted by Gasteiger charge is -2.49. The highest BCUT2D eigenvalue weighted by molar-refractivity contribution is 5.86. The fourth-order valence-electron chi connectivity index (χ4n) is 5.26. The first-order chi connectivity index (χ1) is 16.6. The second-order valence-electron chi connectivity index (χ2n) is 8.77. The van der Waals surface area contributed by atoms with E-state index in [1.165, 1.54) is 5.57 Å². The summed E-state index contributed by atoms with van der Waals surface area (Å²) < 4.78 is 11.3. The first-order valence-corrected chi connectivity index (χ1v) is 11.5. The van der Waals surface area contributed by atoms with Gasteiger partial charge in [0.2, 0.25) is 0 Å². The molecule has 5 rings (SSSR count). The average molecular weight is 455 g/mol. The third-order valence-electron chi connectivity index (χ3n) is 6.86. The van der Waals surface area contributed by atoms with Crippen molar-refractivity contribution in [3.05, 3.63) is 108 Å². The smallest absolute Gasteiger partial charge is 0.315 e. The number of ether oxygens (including phenoxy) is 2. The SMILES string of the molecule is O=C(O)C1[C@H](c2ccccc2)C(C(=O)Oc2cccc(C3=CCOCC3)c2)[C@H]1c1ccccc1. The third kappa shape index (κ3) is 4.27. The van der Waals surface area contributed by atoms with Crippen LogP contribution in [0.3, 0.4) is 0 Å². The minimum atomic E-state index is -0.903. The lowest BCUT2D eigenvalue weighted by molar-refractivity contribution is -0.158.